The topological polar surface area (TPSA) is 9.23 Å². The summed E-state index contributed by atoms with van der Waals surface area (Å²) in [7, 11) is 0. The molecule has 0 amide bonds. The molecule has 138 valence electrons. The van der Waals surface area contributed by atoms with E-state index < -0.39 is 54.0 Å². The summed E-state index contributed by atoms with van der Waals surface area (Å²) in [6, 6.07) is 0. The lowest BCUT2D eigenvalue weighted by Crippen LogP contribution is -2.64. The summed E-state index contributed by atoms with van der Waals surface area (Å²) >= 11 is 0. The SMILES string of the molecule is CC(C)(C)C(F)(F)C1(F)CCOCCCC1C(F)(F)C(C)(C)F. The average molecular weight is 348 g/mol. The summed E-state index contributed by atoms with van der Waals surface area (Å²) < 4.78 is 93.2. The molecule has 1 fully saturated rings. The molecule has 0 aromatic carbocycles. The van der Waals surface area contributed by atoms with Crippen molar-refractivity contribution in [3.05, 3.63) is 0 Å². The van der Waals surface area contributed by atoms with Gasteiger partial charge in [0.15, 0.2) is 11.3 Å². The molecular formula is C16H26F6O. The maximum absolute atomic E-state index is 15.5. The minimum atomic E-state index is -4.23. The molecule has 0 spiro atoms. The molecule has 2 unspecified atom stereocenters. The van der Waals surface area contributed by atoms with Crippen LogP contribution in [0.5, 0.6) is 0 Å². The molecule has 1 aliphatic heterocycles. The molecule has 0 aromatic heterocycles. The second-order valence-corrected chi connectivity index (χ2v) is 7.84. The van der Waals surface area contributed by atoms with Crippen LogP contribution < -0.4 is 0 Å². The molecular weight excluding hydrogens is 322 g/mol. The van der Waals surface area contributed by atoms with Gasteiger partial charge in [0.25, 0.3) is 11.8 Å². The van der Waals surface area contributed by atoms with Crippen LogP contribution in [0.25, 0.3) is 0 Å². The van der Waals surface area contributed by atoms with Crippen LogP contribution in [-0.4, -0.2) is 36.4 Å². The Hall–Kier alpha value is -0.460. The van der Waals surface area contributed by atoms with Crippen molar-refractivity contribution in [2.75, 3.05) is 13.2 Å². The van der Waals surface area contributed by atoms with Crippen molar-refractivity contribution in [3.63, 3.8) is 0 Å². The number of hydrogen-bond acceptors (Lipinski definition) is 1. The summed E-state index contributed by atoms with van der Waals surface area (Å²) in [4.78, 5) is 0. The zero-order valence-corrected chi connectivity index (χ0v) is 14.3. The van der Waals surface area contributed by atoms with Gasteiger partial charge < -0.3 is 4.74 Å². The fourth-order valence-electron chi connectivity index (χ4n) is 3.00. The molecule has 0 radical (unpaired) electrons. The molecule has 0 bridgehead atoms. The van der Waals surface area contributed by atoms with E-state index in [-0.39, 0.29) is 13.0 Å². The van der Waals surface area contributed by atoms with Gasteiger partial charge in [-0.25, -0.2) is 26.3 Å². The Kier molecular flexibility index (Phi) is 5.48. The Morgan fingerprint density at radius 3 is 1.87 bits per heavy atom. The lowest BCUT2D eigenvalue weighted by molar-refractivity contribution is -0.283. The Bertz CT molecular complexity index is 410. The molecule has 0 N–H and O–H groups in total. The maximum atomic E-state index is 15.5. The molecule has 0 aromatic rings. The summed E-state index contributed by atoms with van der Waals surface area (Å²) in [5.41, 5.74) is -8.56. The van der Waals surface area contributed by atoms with E-state index in [9.17, 15) is 22.0 Å². The molecule has 0 saturated carbocycles. The van der Waals surface area contributed by atoms with Gasteiger partial charge in [-0.1, -0.05) is 20.8 Å². The van der Waals surface area contributed by atoms with E-state index in [1.807, 2.05) is 0 Å². The third-order valence-electron chi connectivity index (χ3n) is 4.64. The van der Waals surface area contributed by atoms with Crippen molar-refractivity contribution >= 4 is 0 Å². The normalized spacial score (nSPS) is 29.1. The molecule has 0 aliphatic carbocycles. The van der Waals surface area contributed by atoms with Crippen LogP contribution in [0.4, 0.5) is 26.3 Å². The molecule has 1 nitrogen and oxygen atoms in total. The molecule has 1 heterocycles. The third-order valence-corrected chi connectivity index (χ3v) is 4.64. The average Bonchev–Trinajstić information content (AvgIpc) is 2.30. The third kappa shape index (κ3) is 3.49. The molecule has 7 heteroatoms. The number of ether oxygens (including phenoxy) is 1. The van der Waals surface area contributed by atoms with Crippen molar-refractivity contribution in [1.29, 1.82) is 0 Å². The summed E-state index contributed by atoms with van der Waals surface area (Å²) in [6.45, 7) is 4.12. The zero-order chi connectivity index (χ0) is 18.3. The highest BCUT2D eigenvalue weighted by Gasteiger charge is 2.71. The van der Waals surface area contributed by atoms with Gasteiger partial charge in [-0.3, -0.25) is 0 Å². The van der Waals surface area contributed by atoms with E-state index in [0.29, 0.717) is 13.8 Å². The van der Waals surface area contributed by atoms with Crippen LogP contribution in [0.2, 0.25) is 0 Å². The fraction of sp³-hybridized carbons (Fsp3) is 1.00. The van der Waals surface area contributed by atoms with E-state index in [2.05, 4.69) is 0 Å². The van der Waals surface area contributed by atoms with Crippen molar-refractivity contribution in [2.24, 2.45) is 11.3 Å². The molecule has 1 saturated heterocycles. The minimum Gasteiger partial charge on any atom is -0.381 e. The van der Waals surface area contributed by atoms with E-state index in [0.717, 1.165) is 20.8 Å². The first-order valence-corrected chi connectivity index (χ1v) is 7.80. The van der Waals surface area contributed by atoms with Crippen LogP contribution >= 0.6 is 0 Å². The summed E-state index contributed by atoms with van der Waals surface area (Å²) in [5.74, 6) is -10.7. The van der Waals surface area contributed by atoms with Crippen LogP contribution in [0.15, 0.2) is 0 Å². The van der Waals surface area contributed by atoms with Gasteiger partial charge in [0.1, 0.15) is 0 Å². The monoisotopic (exact) mass is 348 g/mol. The lowest BCUT2D eigenvalue weighted by atomic mass is 9.65. The predicted octanol–water partition coefficient (Wildman–Crippen LogP) is 5.58. The second-order valence-electron chi connectivity index (χ2n) is 7.84. The fourth-order valence-corrected chi connectivity index (χ4v) is 3.00. The van der Waals surface area contributed by atoms with Crippen molar-refractivity contribution in [2.45, 2.75) is 77.1 Å². The van der Waals surface area contributed by atoms with Gasteiger partial charge in [0.2, 0.25) is 0 Å². The maximum Gasteiger partial charge on any atom is 0.286 e. The van der Waals surface area contributed by atoms with Crippen LogP contribution in [0.1, 0.15) is 53.9 Å². The summed E-state index contributed by atoms with van der Waals surface area (Å²) in [5, 5.41) is 0. The zero-order valence-electron chi connectivity index (χ0n) is 14.3. The number of hydrogen-bond donors (Lipinski definition) is 0. The largest absolute Gasteiger partial charge is 0.381 e. The van der Waals surface area contributed by atoms with Crippen LogP contribution in [0, 0.1) is 11.3 Å². The van der Waals surface area contributed by atoms with Gasteiger partial charge in [0.05, 0.1) is 5.92 Å². The predicted molar refractivity (Wildman–Crippen MR) is 76.5 cm³/mol. The highest BCUT2D eigenvalue weighted by Crippen LogP contribution is 2.58. The van der Waals surface area contributed by atoms with Gasteiger partial charge in [-0.2, -0.15) is 0 Å². The second kappa shape index (κ2) is 6.12. The smallest absolute Gasteiger partial charge is 0.286 e. The summed E-state index contributed by atoms with van der Waals surface area (Å²) in [6.07, 6.45) is -1.49. The highest BCUT2D eigenvalue weighted by molar-refractivity contribution is 5.10. The first-order valence-electron chi connectivity index (χ1n) is 7.80. The van der Waals surface area contributed by atoms with E-state index in [4.69, 9.17) is 4.74 Å². The van der Waals surface area contributed by atoms with Crippen molar-refractivity contribution in [1.82, 2.24) is 0 Å². The first kappa shape index (κ1) is 20.6. The molecule has 1 rings (SSSR count). The Morgan fingerprint density at radius 1 is 0.913 bits per heavy atom. The molecule has 2 atom stereocenters. The Morgan fingerprint density at radius 2 is 1.43 bits per heavy atom. The van der Waals surface area contributed by atoms with Gasteiger partial charge >= 0.3 is 0 Å². The van der Waals surface area contributed by atoms with Gasteiger partial charge in [-0.05, 0) is 26.7 Å². The lowest BCUT2D eigenvalue weighted by Gasteiger charge is -2.49. The van der Waals surface area contributed by atoms with Gasteiger partial charge in [0, 0.05) is 25.0 Å². The van der Waals surface area contributed by atoms with Crippen LogP contribution in [0.3, 0.4) is 0 Å². The highest BCUT2D eigenvalue weighted by atomic mass is 19.3. The minimum absolute atomic E-state index is 0.0256. The first-order chi connectivity index (χ1) is 10.1. The molecule has 1 aliphatic rings. The van der Waals surface area contributed by atoms with E-state index in [1.165, 1.54) is 0 Å². The number of rotatable bonds is 3. The number of halogens is 6. The van der Waals surface area contributed by atoms with Crippen LogP contribution in [-0.2, 0) is 4.74 Å². The van der Waals surface area contributed by atoms with E-state index >= 15 is 4.39 Å². The van der Waals surface area contributed by atoms with E-state index in [1.54, 1.807) is 0 Å². The quantitative estimate of drug-likeness (QED) is 0.605. The van der Waals surface area contributed by atoms with Crippen molar-refractivity contribution in [3.8, 4) is 0 Å². The van der Waals surface area contributed by atoms with Gasteiger partial charge in [-0.15, -0.1) is 0 Å². The Labute approximate surface area is 133 Å². The standard InChI is InChI=1S/C16H26F6O/c1-12(2,3)16(21,22)14(18)8-10-23-9-6-7-11(14)15(19,20)13(4,5)17/h11H,6-10H2,1-5H3. The number of alkyl halides is 6. The Balaban J connectivity index is 3.46. The molecule has 23 heavy (non-hydrogen) atoms. The van der Waals surface area contributed by atoms with Crippen molar-refractivity contribution < 1.29 is 31.1 Å².